The highest BCUT2D eigenvalue weighted by Gasteiger charge is 2.25. The van der Waals surface area contributed by atoms with Crippen LogP contribution >= 0.6 is 77.7 Å². The summed E-state index contributed by atoms with van der Waals surface area (Å²) in [4.78, 5) is 8.19. The molecule has 0 spiro atoms. The van der Waals surface area contributed by atoms with Gasteiger partial charge in [0, 0.05) is 38.6 Å². The van der Waals surface area contributed by atoms with E-state index < -0.39 is 17.1 Å². The van der Waals surface area contributed by atoms with E-state index in [2.05, 4.69) is 94.8 Å². The number of hydrogen-bond acceptors (Lipinski definition) is 6. The van der Waals surface area contributed by atoms with Gasteiger partial charge in [0.2, 0.25) is 0 Å². The van der Waals surface area contributed by atoms with Gasteiger partial charge >= 0.3 is 7.12 Å². The zero-order valence-electron chi connectivity index (χ0n) is 24.1. The van der Waals surface area contributed by atoms with Crippen molar-refractivity contribution in [2.75, 3.05) is 0 Å². The maximum Gasteiger partial charge on any atom is 0.490 e. The third kappa shape index (κ3) is 8.37. The number of nitrogens with zero attached hydrogens (tertiary/aromatic N) is 3. The Kier molecular flexibility index (Phi) is 12.0. The van der Waals surface area contributed by atoms with Crippen LogP contribution in [0.5, 0.6) is 0 Å². The lowest BCUT2D eigenvalue weighted by molar-refractivity contribution is 0.426. The van der Waals surface area contributed by atoms with E-state index in [0.29, 0.717) is 20.9 Å². The Bertz CT molecular complexity index is 2200. The van der Waals surface area contributed by atoms with Crippen molar-refractivity contribution < 1.29 is 18.5 Å². The van der Waals surface area contributed by atoms with Crippen LogP contribution in [-0.4, -0.2) is 39.5 Å². The number of fused-ring (bicyclic) bond motifs is 2. The van der Waals surface area contributed by atoms with Crippen molar-refractivity contribution >= 4 is 117 Å². The molecule has 0 saturated carbocycles. The lowest BCUT2D eigenvalue weighted by Crippen LogP contribution is -2.29. The maximum atomic E-state index is 12.7. The van der Waals surface area contributed by atoms with E-state index in [-0.39, 0.29) is 10.4 Å². The lowest BCUT2D eigenvalue weighted by atomic mass is 9.80. The van der Waals surface area contributed by atoms with E-state index in [0.717, 1.165) is 28.7 Å². The molecule has 7 nitrogen and oxygen atoms in total. The Labute approximate surface area is 312 Å². The van der Waals surface area contributed by atoms with Gasteiger partial charge in [-0.15, -0.1) is 0 Å². The molecule has 3 heterocycles. The predicted molar refractivity (Wildman–Crippen MR) is 205 cm³/mol. The number of para-hydroxylation sites is 1. The number of rotatable bonds is 4. The van der Waals surface area contributed by atoms with Gasteiger partial charge in [-0.05, 0) is 108 Å². The van der Waals surface area contributed by atoms with Crippen LogP contribution in [0.15, 0.2) is 130 Å². The SMILES string of the molecule is Clc1cnc(Br)cc1C1=CCc2ccccc21.Clc1cnc(Br)cc1I.O=S(=O)(c1ccccc1)n1cc(B(O)O)c2ccccc21. The first kappa shape index (κ1) is 35.7. The molecule has 1 aliphatic carbocycles. The number of pyridine rings is 2. The van der Waals surface area contributed by atoms with Gasteiger partial charge in [-0.25, -0.2) is 22.4 Å². The second-order valence-corrected chi connectivity index (χ2v) is 15.4. The monoisotopic (exact) mass is 923 g/mol. The van der Waals surface area contributed by atoms with Crippen molar-refractivity contribution in [1.29, 1.82) is 0 Å². The standard InChI is InChI=1S/C14H12BNO4S.C14H9BrClN.C5H2BrClIN/c17-15(18)13-10-16(14-9-5-4-8-12(13)14)21(19,20)11-6-2-1-3-7-11;15-14-7-12(13(16)8-17-14)11-6-5-9-3-1-2-4-10(9)11;6-5-1-4(8)3(7)2-9-5/h1-10,17-18H;1-4,6-8H,5H2;1-2H. The number of hydrogen-bond donors (Lipinski definition) is 2. The molecule has 3 aromatic carbocycles. The summed E-state index contributed by atoms with van der Waals surface area (Å²) in [5, 5.41) is 20.7. The van der Waals surface area contributed by atoms with E-state index in [1.165, 1.54) is 35.0 Å². The molecule has 2 N–H and O–H groups in total. The summed E-state index contributed by atoms with van der Waals surface area (Å²) in [5.74, 6) is 0. The van der Waals surface area contributed by atoms with Crippen LogP contribution < -0.4 is 5.46 Å². The third-order valence-electron chi connectivity index (χ3n) is 7.01. The van der Waals surface area contributed by atoms with E-state index >= 15 is 0 Å². The van der Waals surface area contributed by atoms with Gasteiger partial charge in [-0.2, -0.15) is 0 Å². The molecule has 238 valence electrons. The average molecular weight is 926 g/mol. The average Bonchev–Trinajstić information content (AvgIpc) is 3.68. The van der Waals surface area contributed by atoms with Gasteiger partial charge in [-0.3, -0.25) is 0 Å². The summed E-state index contributed by atoms with van der Waals surface area (Å²) >= 11 is 20.7. The first-order chi connectivity index (χ1) is 22.5. The fourth-order valence-electron chi connectivity index (χ4n) is 4.83. The molecule has 0 aliphatic heterocycles. The second-order valence-electron chi connectivity index (χ2n) is 9.98. The van der Waals surface area contributed by atoms with Crippen LogP contribution in [0.4, 0.5) is 0 Å². The summed E-state index contributed by atoms with van der Waals surface area (Å²) in [6, 6.07) is 27.0. The minimum atomic E-state index is -3.78. The molecule has 0 bridgehead atoms. The Balaban J connectivity index is 0.000000149. The maximum absolute atomic E-state index is 12.7. The summed E-state index contributed by atoms with van der Waals surface area (Å²) in [6.45, 7) is 0. The minimum absolute atomic E-state index is 0.143. The molecule has 0 fully saturated rings. The number of allylic oxidation sites excluding steroid dienone is 1. The molecule has 7 rings (SSSR count). The largest absolute Gasteiger partial charge is 0.490 e. The molecular weight excluding hydrogens is 903 g/mol. The van der Waals surface area contributed by atoms with Crippen molar-refractivity contribution in [2.24, 2.45) is 0 Å². The molecule has 0 atom stereocenters. The zero-order valence-corrected chi connectivity index (χ0v) is 31.8. The van der Waals surface area contributed by atoms with Gasteiger partial charge < -0.3 is 10.0 Å². The van der Waals surface area contributed by atoms with Crippen LogP contribution in [0.25, 0.3) is 16.5 Å². The second kappa shape index (κ2) is 15.8. The Hall–Kier alpha value is -2.56. The minimum Gasteiger partial charge on any atom is -0.423 e. The van der Waals surface area contributed by atoms with Gasteiger partial charge in [0.15, 0.2) is 0 Å². The Morgan fingerprint density at radius 2 is 1.43 bits per heavy atom. The number of halogens is 5. The van der Waals surface area contributed by atoms with Crippen molar-refractivity contribution in [3.8, 4) is 0 Å². The van der Waals surface area contributed by atoms with E-state index in [1.807, 2.05) is 12.1 Å². The highest BCUT2D eigenvalue weighted by Crippen LogP contribution is 2.36. The normalized spacial score (nSPS) is 11.9. The highest BCUT2D eigenvalue weighted by molar-refractivity contribution is 14.1. The van der Waals surface area contributed by atoms with E-state index in [9.17, 15) is 18.5 Å². The molecule has 14 heteroatoms. The van der Waals surface area contributed by atoms with Crippen LogP contribution in [0, 0.1) is 3.57 Å². The Morgan fingerprint density at radius 3 is 2.11 bits per heavy atom. The predicted octanol–water partition coefficient (Wildman–Crippen LogP) is 8.15. The first-order valence-electron chi connectivity index (χ1n) is 13.8. The molecule has 0 radical (unpaired) electrons. The molecule has 1 aliphatic rings. The van der Waals surface area contributed by atoms with E-state index in [1.54, 1.807) is 54.9 Å². The molecule has 3 aromatic heterocycles. The summed E-state index contributed by atoms with van der Waals surface area (Å²) in [6.07, 6.45) is 7.74. The van der Waals surface area contributed by atoms with Crippen molar-refractivity contribution in [3.05, 3.63) is 155 Å². The van der Waals surface area contributed by atoms with Crippen molar-refractivity contribution in [1.82, 2.24) is 13.9 Å². The molecule has 0 saturated heterocycles. The van der Waals surface area contributed by atoms with E-state index in [4.69, 9.17) is 23.2 Å². The van der Waals surface area contributed by atoms with Crippen molar-refractivity contribution in [3.63, 3.8) is 0 Å². The first-order valence-corrected chi connectivity index (χ1v) is 18.7. The fourth-order valence-corrected chi connectivity index (χ4v) is 8.07. The van der Waals surface area contributed by atoms with Gasteiger partial charge in [0.25, 0.3) is 10.0 Å². The molecular formula is C33H23BBr2Cl2IN3O4S. The summed E-state index contributed by atoms with van der Waals surface area (Å²) < 4.78 is 29.1. The molecule has 0 unspecified atom stereocenters. The summed E-state index contributed by atoms with van der Waals surface area (Å²) in [5.41, 5.74) is 5.43. The topological polar surface area (TPSA) is 105 Å². The van der Waals surface area contributed by atoms with Crippen LogP contribution in [0.3, 0.4) is 0 Å². The molecule has 0 amide bonds. The number of aromatic nitrogens is 3. The highest BCUT2D eigenvalue weighted by atomic mass is 127. The zero-order chi connectivity index (χ0) is 33.7. The molecule has 47 heavy (non-hydrogen) atoms. The smallest absolute Gasteiger partial charge is 0.423 e. The fraction of sp³-hybridized carbons (Fsp3) is 0.0303. The van der Waals surface area contributed by atoms with Gasteiger partial charge in [0.1, 0.15) is 9.21 Å². The van der Waals surface area contributed by atoms with Gasteiger partial charge in [0.05, 0.1) is 20.5 Å². The number of benzene rings is 3. The lowest BCUT2D eigenvalue weighted by Gasteiger charge is -2.08. The van der Waals surface area contributed by atoms with Crippen LogP contribution in [0.1, 0.15) is 16.7 Å². The third-order valence-corrected chi connectivity index (χ3v) is 11.4. The summed E-state index contributed by atoms with van der Waals surface area (Å²) in [7, 11) is -5.52. The van der Waals surface area contributed by atoms with Crippen LogP contribution in [0.2, 0.25) is 10.0 Å². The van der Waals surface area contributed by atoms with Gasteiger partial charge in [-0.1, -0.05) is 89.9 Å². The Morgan fingerprint density at radius 1 is 0.809 bits per heavy atom. The molecule has 6 aromatic rings. The van der Waals surface area contributed by atoms with Crippen LogP contribution in [-0.2, 0) is 16.4 Å². The van der Waals surface area contributed by atoms with Crippen molar-refractivity contribution in [2.45, 2.75) is 11.3 Å². The quantitative estimate of drug-likeness (QED) is 0.105.